The summed E-state index contributed by atoms with van der Waals surface area (Å²) in [6, 6.07) is 0. The van der Waals surface area contributed by atoms with Gasteiger partial charge in [-0.2, -0.15) is 4.37 Å². The van der Waals surface area contributed by atoms with E-state index in [0.717, 1.165) is 50.0 Å². The topological polar surface area (TPSA) is 75.4 Å². The van der Waals surface area contributed by atoms with E-state index < -0.39 is 0 Å². The van der Waals surface area contributed by atoms with Crippen molar-refractivity contribution in [1.82, 2.24) is 14.3 Å². The van der Waals surface area contributed by atoms with Crippen LogP contribution in [0, 0.1) is 12.3 Å². The molecule has 1 aromatic heterocycles. The molecule has 0 saturated carbocycles. The van der Waals surface area contributed by atoms with Crippen molar-refractivity contribution in [2.45, 2.75) is 33.6 Å². The third-order valence-corrected chi connectivity index (χ3v) is 5.42. The lowest BCUT2D eigenvalue weighted by Crippen LogP contribution is -2.54. The number of aryl methyl sites for hydroxylation is 1. The number of nitrogens with zero attached hydrogens (tertiary/aromatic N) is 4. The van der Waals surface area contributed by atoms with Crippen LogP contribution in [-0.4, -0.2) is 52.9 Å². The van der Waals surface area contributed by atoms with Crippen LogP contribution >= 0.6 is 11.5 Å². The molecule has 1 aliphatic heterocycles. The second kappa shape index (κ2) is 6.70. The van der Waals surface area contributed by atoms with E-state index in [0.29, 0.717) is 6.54 Å². The highest BCUT2D eigenvalue weighted by Crippen LogP contribution is 2.29. The van der Waals surface area contributed by atoms with Crippen molar-refractivity contribution in [2.24, 2.45) is 11.1 Å². The van der Waals surface area contributed by atoms with E-state index >= 15 is 0 Å². The number of amides is 1. The molecule has 2 heterocycles. The average Bonchev–Trinajstić information content (AvgIpc) is 2.96. The monoisotopic (exact) mass is 311 g/mol. The zero-order valence-electron chi connectivity index (χ0n) is 13.1. The van der Waals surface area contributed by atoms with E-state index in [9.17, 15) is 4.79 Å². The number of carbonyl (C=O) groups is 1. The van der Waals surface area contributed by atoms with Gasteiger partial charge < -0.3 is 15.5 Å². The molecule has 2 N–H and O–H groups in total. The highest BCUT2D eigenvalue weighted by Gasteiger charge is 2.38. The van der Waals surface area contributed by atoms with E-state index in [1.807, 2.05) is 11.8 Å². The summed E-state index contributed by atoms with van der Waals surface area (Å²) in [5.41, 5.74) is 5.50. The van der Waals surface area contributed by atoms with Gasteiger partial charge in [-0.25, -0.2) is 4.98 Å². The highest BCUT2D eigenvalue weighted by atomic mass is 32.1. The van der Waals surface area contributed by atoms with Crippen molar-refractivity contribution in [3.63, 3.8) is 0 Å². The molecule has 0 bridgehead atoms. The maximum absolute atomic E-state index is 12.8. The summed E-state index contributed by atoms with van der Waals surface area (Å²) in [6.45, 7) is 9.52. The van der Waals surface area contributed by atoms with Gasteiger partial charge >= 0.3 is 0 Å². The fourth-order valence-corrected chi connectivity index (χ4v) is 3.50. The molecule has 1 aromatic rings. The predicted octanol–water partition coefficient (Wildman–Crippen LogP) is 1.26. The quantitative estimate of drug-likeness (QED) is 0.886. The molecule has 21 heavy (non-hydrogen) atoms. The molecule has 2 rings (SSSR count). The molecule has 0 aromatic carbocycles. The average molecular weight is 311 g/mol. The standard InChI is InChI=1S/C14H25N5OS/c1-4-14(5-2,10-15)12(20)18-6-8-19(9-7-18)13-16-11(3)17-21-13/h4-10,15H2,1-3H3. The number of anilines is 1. The SMILES string of the molecule is CCC(CC)(CN)C(=O)N1CCN(c2nc(C)ns2)CC1. The Morgan fingerprint density at radius 3 is 2.33 bits per heavy atom. The van der Waals surface area contributed by atoms with Crippen LogP contribution in [-0.2, 0) is 4.79 Å². The highest BCUT2D eigenvalue weighted by molar-refractivity contribution is 7.09. The summed E-state index contributed by atoms with van der Waals surface area (Å²) in [5, 5.41) is 0.954. The van der Waals surface area contributed by atoms with Gasteiger partial charge in [0.2, 0.25) is 11.0 Å². The largest absolute Gasteiger partial charge is 0.343 e. The van der Waals surface area contributed by atoms with Gasteiger partial charge in [0.05, 0.1) is 5.41 Å². The lowest BCUT2D eigenvalue weighted by molar-refractivity contribution is -0.142. The Labute approximate surface area is 130 Å². The molecule has 0 radical (unpaired) electrons. The van der Waals surface area contributed by atoms with Gasteiger partial charge in [-0.1, -0.05) is 13.8 Å². The van der Waals surface area contributed by atoms with E-state index in [4.69, 9.17) is 5.73 Å². The van der Waals surface area contributed by atoms with Gasteiger partial charge in [0.25, 0.3) is 0 Å². The van der Waals surface area contributed by atoms with Gasteiger partial charge in [-0.3, -0.25) is 4.79 Å². The fourth-order valence-electron chi connectivity index (χ4n) is 2.78. The first-order valence-corrected chi connectivity index (χ1v) is 8.38. The van der Waals surface area contributed by atoms with Crippen LogP contribution in [0.1, 0.15) is 32.5 Å². The first kappa shape index (κ1) is 16.2. The van der Waals surface area contributed by atoms with Crippen LogP contribution in [0.5, 0.6) is 0 Å². The second-order valence-corrected chi connectivity index (χ2v) is 6.33. The van der Waals surface area contributed by atoms with Gasteiger partial charge in [-0.05, 0) is 19.8 Å². The number of piperazine rings is 1. The van der Waals surface area contributed by atoms with Crippen LogP contribution in [0.3, 0.4) is 0 Å². The third kappa shape index (κ3) is 3.18. The van der Waals surface area contributed by atoms with Gasteiger partial charge in [0.1, 0.15) is 5.82 Å². The van der Waals surface area contributed by atoms with Crippen molar-refractivity contribution in [3.8, 4) is 0 Å². The van der Waals surface area contributed by atoms with Crippen LogP contribution in [0.2, 0.25) is 0 Å². The minimum atomic E-state index is -0.387. The number of hydrogen-bond acceptors (Lipinski definition) is 6. The van der Waals surface area contributed by atoms with Crippen LogP contribution in [0.4, 0.5) is 5.13 Å². The first-order chi connectivity index (χ1) is 10.1. The number of rotatable bonds is 5. The van der Waals surface area contributed by atoms with Crippen molar-refractivity contribution >= 4 is 22.6 Å². The molecular formula is C14H25N5OS. The maximum Gasteiger partial charge on any atom is 0.230 e. The molecule has 0 atom stereocenters. The smallest absolute Gasteiger partial charge is 0.230 e. The number of hydrogen-bond donors (Lipinski definition) is 1. The van der Waals surface area contributed by atoms with Gasteiger partial charge in [0.15, 0.2) is 0 Å². The molecule has 1 fully saturated rings. The molecule has 0 aliphatic carbocycles. The minimum absolute atomic E-state index is 0.211. The Morgan fingerprint density at radius 2 is 1.90 bits per heavy atom. The molecule has 1 amide bonds. The van der Waals surface area contributed by atoms with Gasteiger partial charge in [-0.15, -0.1) is 0 Å². The molecule has 0 unspecified atom stereocenters. The van der Waals surface area contributed by atoms with Crippen molar-refractivity contribution in [1.29, 1.82) is 0 Å². The lowest BCUT2D eigenvalue weighted by Gasteiger charge is -2.40. The molecule has 1 saturated heterocycles. The second-order valence-electron chi connectivity index (χ2n) is 5.59. The summed E-state index contributed by atoms with van der Waals surface area (Å²) in [6.07, 6.45) is 1.60. The summed E-state index contributed by atoms with van der Waals surface area (Å²) < 4.78 is 4.22. The maximum atomic E-state index is 12.8. The number of carbonyl (C=O) groups excluding carboxylic acids is 1. The predicted molar refractivity (Wildman–Crippen MR) is 85.5 cm³/mol. The summed E-state index contributed by atoms with van der Waals surface area (Å²) in [5.74, 6) is 1.02. The van der Waals surface area contributed by atoms with E-state index in [-0.39, 0.29) is 11.3 Å². The van der Waals surface area contributed by atoms with Crippen LogP contribution in [0.25, 0.3) is 0 Å². The third-order valence-electron chi connectivity index (χ3n) is 4.55. The van der Waals surface area contributed by atoms with Crippen molar-refractivity contribution < 1.29 is 4.79 Å². The van der Waals surface area contributed by atoms with E-state index in [2.05, 4.69) is 28.1 Å². The molecule has 0 spiro atoms. The Hall–Kier alpha value is -1.21. The van der Waals surface area contributed by atoms with Crippen LogP contribution in [0.15, 0.2) is 0 Å². The zero-order valence-corrected chi connectivity index (χ0v) is 13.9. The van der Waals surface area contributed by atoms with Crippen molar-refractivity contribution in [3.05, 3.63) is 5.82 Å². The zero-order chi connectivity index (χ0) is 15.5. The first-order valence-electron chi connectivity index (χ1n) is 7.61. The van der Waals surface area contributed by atoms with E-state index in [1.165, 1.54) is 11.5 Å². The van der Waals surface area contributed by atoms with E-state index in [1.54, 1.807) is 0 Å². The summed E-state index contributed by atoms with van der Waals surface area (Å²) in [7, 11) is 0. The summed E-state index contributed by atoms with van der Waals surface area (Å²) >= 11 is 1.43. The Morgan fingerprint density at radius 1 is 1.29 bits per heavy atom. The molecule has 6 nitrogen and oxygen atoms in total. The fraction of sp³-hybridized carbons (Fsp3) is 0.786. The lowest BCUT2D eigenvalue weighted by atomic mass is 9.81. The Bertz CT molecular complexity index is 469. The minimum Gasteiger partial charge on any atom is -0.343 e. The molecular weight excluding hydrogens is 286 g/mol. The number of aromatic nitrogens is 2. The summed E-state index contributed by atoms with van der Waals surface area (Å²) in [4.78, 5) is 21.3. The van der Waals surface area contributed by atoms with Crippen molar-refractivity contribution in [2.75, 3.05) is 37.6 Å². The van der Waals surface area contributed by atoms with Crippen LogP contribution < -0.4 is 10.6 Å². The normalized spacial score (nSPS) is 16.4. The molecule has 1 aliphatic rings. The molecule has 118 valence electrons. The number of nitrogens with two attached hydrogens (primary N) is 1. The Kier molecular flexibility index (Phi) is 5.16. The molecule has 7 heteroatoms. The van der Waals surface area contributed by atoms with Gasteiger partial charge in [0, 0.05) is 44.3 Å². The Balaban J connectivity index is 1.98.